The first-order valence-corrected chi connectivity index (χ1v) is 7.69. The molecule has 128 valence electrons. The van der Waals surface area contributed by atoms with Crippen molar-refractivity contribution in [2.45, 2.75) is 18.9 Å². The van der Waals surface area contributed by atoms with E-state index < -0.39 is 0 Å². The molecule has 8 nitrogen and oxygen atoms in total. The van der Waals surface area contributed by atoms with Crippen molar-refractivity contribution in [3.63, 3.8) is 0 Å². The zero-order chi connectivity index (χ0) is 17.2. The van der Waals surface area contributed by atoms with Gasteiger partial charge in [0, 0.05) is 25.2 Å². The highest BCUT2D eigenvalue weighted by Gasteiger charge is 2.35. The van der Waals surface area contributed by atoms with E-state index in [1.165, 1.54) is 12.1 Å². The molecule has 1 saturated heterocycles. The number of carbonyl (C=O) groups excluding carboxylic acids is 1. The Kier molecular flexibility index (Phi) is 3.88. The van der Waals surface area contributed by atoms with E-state index in [1.807, 2.05) is 0 Å². The van der Waals surface area contributed by atoms with Crippen molar-refractivity contribution in [3.05, 3.63) is 54.2 Å². The maximum Gasteiger partial charge on any atom is 0.232 e. The van der Waals surface area contributed by atoms with Gasteiger partial charge in [0.1, 0.15) is 11.6 Å². The Morgan fingerprint density at radius 1 is 1.44 bits per heavy atom. The number of hydrogen-bond acceptors (Lipinski definition) is 6. The SMILES string of the molecule is O=C1CC(c2nc(COc3cccc(F)c3)no2)CN1c1cn[nH]c1. The molecule has 1 aromatic carbocycles. The Hall–Kier alpha value is -3.23. The monoisotopic (exact) mass is 343 g/mol. The van der Waals surface area contributed by atoms with E-state index in [1.54, 1.807) is 29.4 Å². The van der Waals surface area contributed by atoms with Crippen LogP contribution in [0.25, 0.3) is 0 Å². The van der Waals surface area contributed by atoms with Crippen LogP contribution in [0.1, 0.15) is 24.1 Å². The Bertz CT molecular complexity index is 880. The van der Waals surface area contributed by atoms with E-state index in [0.717, 1.165) is 0 Å². The second kappa shape index (κ2) is 6.34. The van der Waals surface area contributed by atoms with Gasteiger partial charge in [-0.2, -0.15) is 10.1 Å². The van der Waals surface area contributed by atoms with Crippen LogP contribution in [0.2, 0.25) is 0 Å². The maximum atomic E-state index is 13.1. The molecular weight excluding hydrogens is 329 g/mol. The van der Waals surface area contributed by atoms with Gasteiger partial charge in [0.15, 0.2) is 6.61 Å². The number of aromatic amines is 1. The van der Waals surface area contributed by atoms with Gasteiger partial charge in [-0.15, -0.1) is 0 Å². The van der Waals surface area contributed by atoms with Crippen LogP contribution in [0.3, 0.4) is 0 Å². The molecule has 0 aliphatic carbocycles. The van der Waals surface area contributed by atoms with Crippen molar-refractivity contribution in [1.29, 1.82) is 0 Å². The number of nitrogens with one attached hydrogen (secondary N) is 1. The Labute approximate surface area is 141 Å². The summed E-state index contributed by atoms with van der Waals surface area (Å²) in [6, 6.07) is 5.81. The predicted octanol–water partition coefficient (Wildman–Crippen LogP) is 2.03. The number of benzene rings is 1. The number of anilines is 1. The van der Waals surface area contributed by atoms with Crippen molar-refractivity contribution in [3.8, 4) is 5.75 Å². The molecule has 9 heteroatoms. The summed E-state index contributed by atoms with van der Waals surface area (Å²) in [6.07, 6.45) is 3.54. The maximum absolute atomic E-state index is 13.1. The third-order valence-electron chi connectivity index (χ3n) is 3.92. The summed E-state index contributed by atoms with van der Waals surface area (Å²) in [5.41, 5.74) is 0.710. The fourth-order valence-electron chi connectivity index (χ4n) is 2.71. The second-order valence-electron chi connectivity index (χ2n) is 5.66. The smallest absolute Gasteiger partial charge is 0.232 e. The number of amides is 1. The fourth-order valence-corrected chi connectivity index (χ4v) is 2.71. The third-order valence-corrected chi connectivity index (χ3v) is 3.92. The molecule has 1 atom stereocenters. The van der Waals surface area contributed by atoms with E-state index in [-0.39, 0.29) is 30.7 Å². The second-order valence-corrected chi connectivity index (χ2v) is 5.66. The molecule has 25 heavy (non-hydrogen) atoms. The molecule has 1 unspecified atom stereocenters. The van der Waals surface area contributed by atoms with E-state index in [0.29, 0.717) is 29.7 Å². The highest BCUT2D eigenvalue weighted by molar-refractivity contribution is 5.96. The van der Waals surface area contributed by atoms with Gasteiger partial charge >= 0.3 is 0 Å². The van der Waals surface area contributed by atoms with Crippen LogP contribution in [0, 0.1) is 5.82 Å². The van der Waals surface area contributed by atoms with E-state index in [2.05, 4.69) is 20.3 Å². The number of carbonyl (C=O) groups is 1. The average molecular weight is 343 g/mol. The van der Waals surface area contributed by atoms with E-state index in [4.69, 9.17) is 9.26 Å². The Morgan fingerprint density at radius 3 is 3.16 bits per heavy atom. The number of halogens is 1. The number of hydrogen-bond donors (Lipinski definition) is 1. The molecule has 1 N–H and O–H groups in total. The third kappa shape index (κ3) is 3.21. The predicted molar refractivity (Wildman–Crippen MR) is 83.3 cm³/mol. The van der Waals surface area contributed by atoms with E-state index in [9.17, 15) is 9.18 Å². The lowest BCUT2D eigenvalue weighted by molar-refractivity contribution is -0.117. The van der Waals surface area contributed by atoms with Gasteiger partial charge in [0.05, 0.1) is 17.8 Å². The lowest BCUT2D eigenvalue weighted by Crippen LogP contribution is -2.23. The van der Waals surface area contributed by atoms with Crippen molar-refractivity contribution in [2.24, 2.45) is 0 Å². The molecule has 1 aliphatic rings. The quantitative estimate of drug-likeness (QED) is 0.761. The average Bonchev–Trinajstić information content (AvgIpc) is 3.33. The highest BCUT2D eigenvalue weighted by Crippen LogP contribution is 2.30. The molecule has 0 saturated carbocycles. The number of aromatic nitrogens is 4. The van der Waals surface area contributed by atoms with Crippen molar-refractivity contribution >= 4 is 11.6 Å². The minimum Gasteiger partial charge on any atom is -0.485 e. The summed E-state index contributed by atoms with van der Waals surface area (Å²) in [6.45, 7) is 0.504. The topological polar surface area (TPSA) is 97.1 Å². The molecule has 1 fully saturated rings. The zero-order valence-corrected chi connectivity index (χ0v) is 13.1. The molecule has 1 amide bonds. The van der Waals surface area contributed by atoms with Gasteiger partial charge in [-0.05, 0) is 12.1 Å². The zero-order valence-electron chi connectivity index (χ0n) is 13.1. The molecule has 3 aromatic rings. The van der Waals surface area contributed by atoms with Crippen LogP contribution in [-0.4, -0.2) is 32.8 Å². The number of rotatable bonds is 5. The number of ether oxygens (including phenoxy) is 1. The fraction of sp³-hybridized carbons (Fsp3) is 0.250. The summed E-state index contributed by atoms with van der Waals surface area (Å²) in [4.78, 5) is 18.0. The van der Waals surface area contributed by atoms with Gasteiger partial charge in [-0.3, -0.25) is 9.89 Å². The molecular formula is C16H14FN5O3. The number of H-pyrrole nitrogens is 1. The van der Waals surface area contributed by atoms with Crippen LogP contribution in [0.5, 0.6) is 5.75 Å². The summed E-state index contributed by atoms with van der Waals surface area (Å²) in [7, 11) is 0. The summed E-state index contributed by atoms with van der Waals surface area (Å²) in [5.74, 6) is 0.522. The highest BCUT2D eigenvalue weighted by atomic mass is 19.1. The largest absolute Gasteiger partial charge is 0.485 e. The standard InChI is InChI=1S/C16H14FN5O3/c17-11-2-1-3-13(5-11)24-9-14-20-16(25-21-14)10-4-15(23)22(8-10)12-6-18-19-7-12/h1-3,5-7,10H,4,8-9H2,(H,18,19). The van der Waals surface area contributed by atoms with Crippen LogP contribution in [-0.2, 0) is 11.4 Å². The molecule has 0 radical (unpaired) electrons. The van der Waals surface area contributed by atoms with E-state index >= 15 is 0 Å². The minimum absolute atomic E-state index is 0.0258. The van der Waals surface area contributed by atoms with Gasteiger partial charge in [-0.1, -0.05) is 11.2 Å². The summed E-state index contributed by atoms with van der Waals surface area (Å²) in [5, 5.41) is 10.4. The molecule has 0 spiro atoms. The van der Waals surface area contributed by atoms with Crippen LogP contribution in [0.15, 0.2) is 41.2 Å². The minimum atomic E-state index is -0.380. The summed E-state index contributed by atoms with van der Waals surface area (Å²) >= 11 is 0. The number of nitrogens with zero attached hydrogens (tertiary/aromatic N) is 4. The van der Waals surface area contributed by atoms with Crippen molar-refractivity contribution in [2.75, 3.05) is 11.4 Å². The molecule has 3 heterocycles. The Morgan fingerprint density at radius 2 is 2.36 bits per heavy atom. The first-order valence-electron chi connectivity index (χ1n) is 7.69. The Balaban J connectivity index is 1.40. The van der Waals surface area contributed by atoms with Crippen molar-refractivity contribution < 1.29 is 18.4 Å². The van der Waals surface area contributed by atoms with Crippen LogP contribution >= 0.6 is 0 Å². The van der Waals surface area contributed by atoms with Crippen LogP contribution in [0.4, 0.5) is 10.1 Å². The summed E-state index contributed by atoms with van der Waals surface area (Å²) < 4.78 is 23.8. The first-order chi connectivity index (χ1) is 12.2. The van der Waals surface area contributed by atoms with Gasteiger partial charge < -0.3 is 14.2 Å². The lowest BCUT2D eigenvalue weighted by atomic mass is 10.1. The van der Waals surface area contributed by atoms with Gasteiger partial charge in [0.2, 0.25) is 17.6 Å². The molecule has 2 aromatic heterocycles. The molecule has 0 bridgehead atoms. The normalized spacial score (nSPS) is 17.2. The van der Waals surface area contributed by atoms with Gasteiger partial charge in [0.25, 0.3) is 0 Å². The molecule has 1 aliphatic heterocycles. The van der Waals surface area contributed by atoms with Gasteiger partial charge in [-0.25, -0.2) is 4.39 Å². The molecule has 4 rings (SSSR count). The lowest BCUT2D eigenvalue weighted by Gasteiger charge is -2.12. The van der Waals surface area contributed by atoms with Crippen molar-refractivity contribution in [1.82, 2.24) is 20.3 Å². The first kappa shape index (κ1) is 15.3. The van der Waals surface area contributed by atoms with Crippen LogP contribution < -0.4 is 9.64 Å².